The monoisotopic (exact) mass is 901 g/mol. The summed E-state index contributed by atoms with van der Waals surface area (Å²) in [4.78, 5) is 0. The van der Waals surface area contributed by atoms with Crippen molar-refractivity contribution in [2.45, 2.75) is 253 Å². The summed E-state index contributed by atoms with van der Waals surface area (Å²) in [5, 5.41) is 0. The quantitative estimate of drug-likeness (QED) is 0.0464. The molecule has 0 rings (SSSR count). The van der Waals surface area contributed by atoms with Gasteiger partial charge in [0.1, 0.15) is 0 Å². The summed E-state index contributed by atoms with van der Waals surface area (Å²) < 4.78 is 53.2. The van der Waals surface area contributed by atoms with Crippen LogP contribution in [0, 0.1) is 0 Å². The van der Waals surface area contributed by atoms with Gasteiger partial charge < -0.3 is 28.8 Å². The topological polar surface area (TPSA) is 64.6 Å². The molecular formula is C39H96O7Si8. The van der Waals surface area contributed by atoms with Crippen LogP contribution in [0.5, 0.6) is 0 Å². The molecular weight excluding hydrogens is 805 g/mol. The van der Waals surface area contributed by atoms with Crippen LogP contribution in [-0.4, -0.2) is 68.0 Å². The molecule has 0 radical (unpaired) electrons. The van der Waals surface area contributed by atoms with E-state index in [4.69, 9.17) is 28.8 Å². The van der Waals surface area contributed by atoms with Crippen LogP contribution in [0.1, 0.15) is 136 Å². The maximum absolute atomic E-state index is 7.95. The van der Waals surface area contributed by atoms with Gasteiger partial charge in [0.2, 0.25) is 0 Å². The third-order valence-electron chi connectivity index (χ3n) is 8.44. The van der Waals surface area contributed by atoms with Crippen molar-refractivity contribution >= 4 is 68.0 Å². The van der Waals surface area contributed by atoms with Crippen LogP contribution in [0.2, 0.25) is 116 Å². The first-order valence-corrected chi connectivity index (χ1v) is 45.4. The first kappa shape index (κ1) is 55.5. The van der Waals surface area contributed by atoms with E-state index in [0.717, 1.165) is 56.7 Å². The predicted molar refractivity (Wildman–Crippen MR) is 256 cm³/mol. The smallest absolute Gasteiger partial charge is 0.417 e. The highest BCUT2D eigenvalue weighted by molar-refractivity contribution is 6.94. The Kier molecular flexibility index (Phi) is 26.6. The molecule has 0 unspecified atom stereocenters. The molecule has 0 aromatic carbocycles. The Morgan fingerprint density at radius 3 is 0.574 bits per heavy atom. The van der Waals surface area contributed by atoms with Crippen LogP contribution in [0.15, 0.2) is 0 Å². The Bertz CT molecular complexity index is 867. The molecule has 0 aromatic rings. The maximum atomic E-state index is 7.95. The van der Waals surface area contributed by atoms with Crippen molar-refractivity contribution in [1.82, 2.24) is 0 Å². The average molecular weight is 902 g/mol. The van der Waals surface area contributed by atoms with Gasteiger partial charge in [0.05, 0.1) is 0 Å². The van der Waals surface area contributed by atoms with Gasteiger partial charge in [-0.1, -0.05) is 117 Å². The molecule has 0 N–H and O–H groups in total. The Labute approximate surface area is 347 Å². The zero-order valence-electron chi connectivity index (χ0n) is 39.7. The molecule has 7 nitrogen and oxygen atoms in total. The second-order valence-corrected chi connectivity index (χ2v) is 53.3. The maximum Gasteiger partial charge on any atom is 0.475 e. The van der Waals surface area contributed by atoms with Crippen LogP contribution >= 0.6 is 0 Å². The third-order valence-corrected chi connectivity index (χ3v) is 34.8. The summed E-state index contributed by atoms with van der Waals surface area (Å²) in [6.07, 6.45) is 21.7. The SMILES string of the molecule is CCCCCCCC[Si](O[Si](C)(C)C)(O[Si](C)(C)C)O[Si](CCCCCCCC)(O[Si](C)(C)C)O[Si](CCCCCCCC)(O[Si](C)(C)C)O[Si](C)(C)C. The van der Waals surface area contributed by atoms with Crippen LogP contribution in [-0.2, 0) is 28.8 Å². The normalized spacial score (nSPS) is 14.3. The lowest BCUT2D eigenvalue weighted by Crippen LogP contribution is -2.70. The van der Waals surface area contributed by atoms with Gasteiger partial charge in [0.15, 0.2) is 41.6 Å². The molecule has 0 fully saturated rings. The first-order chi connectivity index (χ1) is 24.6. The minimum Gasteiger partial charge on any atom is -0.417 e. The summed E-state index contributed by atoms with van der Waals surface area (Å²) in [6.45, 7) is 41.3. The summed E-state index contributed by atoms with van der Waals surface area (Å²) in [6, 6.07) is 2.38. The highest BCUT2D eigenvalue weighted by Gasteiger charge is 2.62. The molecule has 0 spiro atoms. The molecule has 0 aliphatic carbocycles. The molecule has 0 aliphatic rings. The molecule has 326 valence electrons. The van der Waals surface area contributed by atoms with E-state index in [-0.39, 0.29) is 0 Å². The largest absolute Gasteiger partial charge is 0.475 e. The fourth-order valence-electron chi connectivity index (χ4n) is 6.82. The van der Waals surface area contributed by atoms with E-state index in [2.05, 4.69) is 119 Å². The number of unbranched alkanes of at least 4 members (excludes halogenated alkanes) is 15. The van der Waals surface area contributed by atoms with Gasteiger partial charge in [0, 0.05) is 18.1 Å². The van der Waals surface area contributed by atoms with Crippen molar-refractivity contribution < 1.29 is 28.8 Å². The highest BCUT2D eigenvalue weighted by Crippen LogP contribution is 2.40. The average Bonchev–Trinajstić information content (AvgIpc) is 2.94. The Morgan fingerprint density at radius 1 is 0.222 bits per heavy atom. The van der Waals surface area contributed by atoms with Crippen molar-refractivity contribution in [2.75, 3.05) is 0 Å². The minimum atomic E-state index is -3.56. The van der Waals surface area contributed by atoms with Gasteiger partial charge in [0.25, 0.3) is 0 Å². The van der Waals surface area contributed by atoms with Gasteiger partial charge >= 0.3 is 26.4 Å². The molecule has 0 aliphatic heterocycles. The summed E-state index contributed by atoms with van der Waals surface area (Å²) in [5.74, 6) is 0. The number of hydrogen-bond donors (Lipinski definition) is 0. The van der Waals surface area contributed by atoms with Gasteiger partial charge in [-0.15, -0.1) is 0 Å². The molecule has 0 atom stereocenters. The Morgan fingerprint density at radius 2 is 0.389 bits per heavy atom. The summed E-state index contributed by atoms with van der Waals surface area (Å²) in [5.41, 5.74) is 0. The van der Waals surface area contributed by atoms with Gasteiger partial charge in [-0.3, -0.25) is 0 Å². The zero-order chi connectivity index (χ0) is 41.8. The second kappa shape index (κ2) is 25.9. The lowest BCUT2D eigenvalue weighted by molar-refractivity contribution is 0.136. The molecule has 0 bridgehead atoms. The van der Waals surface area contributed by atoms with E-state index in [0.29, 0.717) is 0 Å². The fourth-order valence-corrected chi connectivity index (χ4v) is 39.9. The number of hydrogen-bond acceptors (Lipinski definition) is 7. The van der Waals surface area contributed by atoms with Crippen molar-refractivity contribution in [3.05, 3.63) is 0 Å². The van der Waals surface area contributed by atoms with Gasteiger partial charge in [-0.25, -0.2) is 0 Å². The van der Waals surface area contributed by atoms with Crippen molar-refractivity contribution in [3.8, 4) is 0 Å². The molecule has 0 heterocycles. The van der Waals surface area contributed by atoms with E-state index in [9.17, 15) is 0 Å². The fraction of sp³-hybridized carbons (Fsp3) is 1.00. The van der Waals surface area contributed by atoms with E-state index in [1.54, 1.807) is 0 Å². The van der Waals surface area contributed by atoms with Crippen LogP contribution in [0.3, 0.4) is 0 Å². The van der Waals surface area contributed by atoms with Crippen molar-refractivity contribution in [3.63, 3.8) is 0 Å². The summed E-state index contributed by atoms with van der Waals surface area (Å²) in [7, 11) is -21.0. The molecule has 54 heavy (non-hydrogen) atoms. The minimum absolute atomic E-state index is 0.758. The van der Waals surface area contributed by atoms with Crippen LogP contribution in [0.25, 0.3) is 0 Å². The third kappa shape index (κ3) is 29.6. The molecule has 0 aromatic heterocycles. The van der Waals surface area contributed by atoms with E-state index in [1.165, 1.54) is 77.0 Å². The standard InChI is InChI=1S/C39H96O7Si8/c1-19-22-25-28-31-34-37-52(40-47(4,5)6,41-48(7,8)9)45-54(44-51(16,17)18,39-36-33-30-27-24-21-3)46-53(42-49(10,11)12,43-50(13,14)15)38-35-32-29-26-23-20-2/h19-39H2,1-18H3. The molecule has 0 amide bonds. The van der Waals surface area contributed by atoms with Crippen LogP contribution in [0.4, 0.5) is 0 Å². The molecule has 0 saturated carbocycles. The van der Waals surface area contributed by atoms with Crippen LogP contribution < -0.4 is 0 Å². The molecule has 0 saturated heterocycles. The van der Waals surface area contributed by atoms with Gasteiger partial charge in [-0.2, -0.15) is 0 Å². The lowest BCUT2D eigenvalue weighted by Gasteiger charge is -2.49. The Hall–Kier alpha value is 1.46. The van der Waals surface area contributed by atoms with Crippen molar-refractivity contribution in [1.29, 1.82) is 0 Å². The first-order valence-electron chi connectivity index (χ1n) is 22.5. The Balaban J connectivity index is 7.69. The highest BCUT2D eigenvalue weighted by atomic mass is 28.6. The van der Waals surface area contributed by atoms with E-state index < -0.39 is 68.0 Å². The second-order valence-electron chi connectivity index (χ2n) is 20.9. The van der Waals surface area contributed by atoms with Gasteiger partial charge in [-0.05, 0) is 117 Å². The number of rotatable bonds is 35. The van der Waals surface area contributed by atoms with Crippen molar-refractivity contribution in [2.24, 2.45) is 0 Å². The van der Waals surface area contributed by atoms with E-state index in [1.807, 2.05) is 0 Å². The predicted octanol–water partition coefficient (Wildman–Crippen LogP) is 15.2. The zero-order valence-corrected chi connectivity index (χ0v) is 47.7. The molecule has 15 heteroatoms. The van der Waals surface area contributed by atoms with E-state index >= 15 is 0 Å². The lowest BCUT2D eigenvalue weighted by atomic mass is 10.1. The summed E-state index contributed by atoms with van der Waals surface area (Å²) >= 11 is 0.